The third-order valence-electron chi connectivity index (χ3n) is 2.37. The molecular weight excluding hydrogens is 459 g/mol. The predicted molar refractivity (Wildman–Crippen MR) is 92.0 cm³/mol. The number of aryl methyl sites for hydroxylation is 1. The summed E-state index contributed by atoms with van der Waals surface area (Å²) in [6.45, 7) is 4.36. The Bertz CT molecular complexity index is 909. The average Bonchev–Trinajstić information content (AvgIpc) is 2.56. The molecule has 0 atom stereocenters. The number of rotatable bonds is 2. The number of halogens is 3. The molecule has 10 nitrogen and oxygen atoms in total. The second-order valence-corrected chi connectivity index (χ2v) is 5.24. The zero-order valence-electron chi connectivity index (χ0n) is 13.7. The summed E-state index contributed by atoms with van der Waals surface area (Å²) in [5, 5.41) is 9.13. The third-order valence-corrected chi connectivity index (χ3v) is 3.40. The van der Waals surface area contributed by atoms with Crippen LogP contribution >= 0.6 is 31.9 Å². The van der Waals surface area contributed by atoms with Gasteiger partial charge in [0.2, 0.25) is 0 Å². The molecule has 0 amide bonds. The first-order valence-electron chi connectivity index (χ1n) is 7.01. The van der Waals surface area contributed by atoms with Crippen molar-refractivity contribution in [3.63, 3.8) is 0 Å². The molecule has 24 heavy (non-hydrogen) atoms. The van der Waals surface area contributed by atoms with Crippen molar-refractivity contribution < 1.29 is 5.76 Å². The van der Waals surface area contributed by atoms with Crippen LogP contribution in [0.15, 0.2) is 28.4 Å². The van der Waals surface area contributed by atoms with E-state index in [1.54, 1.807) is 13.8 Å². The van der Waals surface area contributed by atoms with Crippen LogP contribution in [0.1, 0.15) is 15.2 Å². The molecule has 0 fully saturated rings. The Morgan fingerprint density at radius 1 is 1.17 bits per heavy atom. The maximum Gasteiger partial charge on any atom is 0.347 e. The topological polar surface area (TPSA) is 136 Å². The van der Waals surface area contributed by atoms with Gasteiger partial charge in [-0.2, -0.15) is 10.2 Å². The van der Waals surface area contributed by atoms with Gasteiger partial charge in [-0.1, -0.05) is 0 Å². The second-order valence-electron chi connectivity index (χ2n) is 3.74. The number of nitrogens with one attached hydrogen (secondary N) is 2. The van der Waals surface area contributed by atoms with Crippen molar-refractivity contribution in [2.75, 3.05) is 7.15 Å². The molecule has 2 rings (SSSR count). The lowest BCUT2D eigenvalue weighted by Gasteiger charge is -2.05. The van der Waals surface area contributed by atoms with Gasteiger partial charge < -0.3 is 0 Å². The number of aromatic amines is 2. The van der Waals surface area contributed by atoms with Gasteiger partial charge >= 0.3 is 11.4 Å². The van der Waals surface area contributed by atoms with E-state index in [0.29, 0.717) is 13.1 Å². The molecule has 0 saturated carbocycles. The molecule has 0 aromatic carbocycles. The van der Waals surface area contributed by atoms with Crippen LogP contribution < -0.4 is 22.5 Å². The van der Waals surface area contributed by atoms with Crippen LogP contribution in [0.3, 0.4) is 0 Å². The molecule has 0 bridgehead atoms. The summed E-state index contributed by atoms with van der Waals surface area (Å²) in [4.78, 5) is 45.4. The Labute approximate surface area is 152 Å². The van der Waals surface area contributed by atoms with E-state index < -0.39 is 18.4 Å². The van der Waals surface area contributed by atoms with E-state index in [-0.39, 0.29) is 20.5 Å². The van der Waals surface area contributed by atoms with Gasteiger partial charge in [0.15, 0.2) is 9.21 Å². The first kappa shape index (κ1) is 20.2. The second kappa shape index (κ2) is 10.8. The van der Waals surface area contributed by atoms with Gasteiger partial charge in [0.25, 0.3) is 11.1 Å². The Kier molecular flexibility index (Phi) is 9.07. The lowest BCUT2D eigenvalue weighted by atomic mass is 10.6. The smallest absolute Gasteiger partial charge is 0.271 e. The van der Waals surface area contributed by atoms with Gasteiger partial charge in [0.1, 0.15) is 0 Å². The largest absolute Gasteiger partial charge is 0.347 e. The minimum Gasteiger partial charge on any atom is -0.271 e. The van der Waals surface area contributed by atoms with Crippen LogP contribution in [0, 0.1) is 0 Å². The van der Waals surface area contributed by atoms with E-state index in [4.69, 9.17) is 1.37 Å². The zero-order valence-corrected chi connectivity index (χ0v) is 15.8. The van der Waals surface area contributed by atoms with Crippen LogP contribution in [0.4, 0.5) is 4.39 Å². The zero-order chi connectivity index (χ0) is 19.6. The molecule has 0 aliphatic rings. The molecule has 0 aliphatic carbocycles. The van der Waals surface area contributed by atoms with E-state index in [0.717, 1.165) is 4.57 Å². The number of alkyl halides is 1. The molecule has 2 aromatic heterocycles. The van der Waals surface area contributed by atoms with Gasteiger partial charge in [0.05, 0.1) is 8.52 Å². The summed E-state index contributed by atoms with van der Waals surface area (Å²) in [5.74, 6) is 0. The number of nitrogens with zero attached hydrogens (tertiary/aromatic N) is 4. The fraction of sp³-hybridized carbons (Fsp3) is 0.455. The van der Waals surface area contributed by atoms with Gasteiger partial charge in [-0.25, -0.2) is 19.4 Å². The van der Waals surface area contributed by atoms with Crippen LogP contribution in [0.5, 0.6) is 0 Å². The summed E-state index contributed by atoms with van der Waals surface area (Å²) in [6.07, 6.45) is 0. The van der Waals surface area contributed by atoms with Crippen molar-refractivity contribution in [1.82, 2.24) is 29.5 Å². The van der Waals surface area contributed by atoms with Gasteiger partial charge in [0, 0.05) is 13.1 Å². The molecule has 2 aromatic rings. The standard InChI is InChI=1S/C7H10BrN3O2.C3H2BrN3O2.CH3F/c1-3-10-6(12)5(8)9-11(4-2)7(10)13;4-1-2(8)5-3(9)7-6-1;1-2/h3-4H2,1-2H3;(H2,5,7,8,9);1H3/i;;1D. The Balaban J connectivity index is 0.000000417. The van der Waals surface area contributed by atoms with Crippen molar-refractivity contribution in [1.29, 1.82) is 0 Å². The minimum atomic E-state index is -1.00. The van der Waals surface area contributed by atoms with E-state index >= 15 is 0 Å². The van der Waals surface area contributed by atoms with Crippen molar-refractivity contribution in [3.05, 3.63) is 50.9 Å². The third kappa shape index (κ3) is 5.96. The van der Waals surface area contributed by atoms with E-state index in [1.807, 2.05) is 10.1 Å². The number of aromatic nitrogens is 6. The fourth-order valence-electron chi connectivity index (χ4n) is 1.35. The predicted octanol–water partition coefficient (Wildman–Crippen LogP) is 0.0137. The summed E-state index contributed by atoms with van der Waals surface area (Å²) < 4.78 is 18.1. The van der Waals surface area contributed by atoms with Crippen molar-refractivity contribution >= 4 is 31.9 Å². The van der Waals surface area contributed by atoms with Crippen LogP contribution in [-0.4, -0.2) is 36.7 Å². The molecule has 0 radical (unpaired) electrons. The van der Waals surface area contributed by atoms with E-state index in [2.05, 4.69) is 42.1 Å². The van der Waals surface area contributed by atoms with E-state index in [1.165, 1.54) is 4.68 Å². The Morgan fingerprint density at radius 2 is 1.75 bits per heavy atom. The highest BCUT2D eigenvalue weighted by atomic mass is 79.9. The summed E-state index contributed by atoms with van der Waals surface area (Å²) in [5.41, 5.74) is -1.88. The van der Waals surface area contributed by atoms with Crippen LogP contribution in [0.2, 0.25) is 0 Å². The first-order chi connectivity index (χ1) is 11.7. The van der Waals surface area contributed by atoms with Crippen LogP contribution in [0.25, 0.3) is 0 Å². The highest BCUT2D eigenvalue weighted by molar-refractivity contribution is 9.10. The van der Waals surface area contributed by atoms with Crippen molar-refractivity contribution in [2.45, 2.75) is 26.9 Å². The van der Waals surface area contributed by atoms with Crippen molar-refractivity contribution in [2.24, 2.45) is 0 Å². The molecular formula is C11H15Br2FN6O4. The molecule has 0 spiro atoms. The summed E-state index contributed by atoms with van der Waals surface area (Å²) in [6, 6.07) is 0. The first-order valence-corrected chi connectivity index (χ1v) is 7.89. The number of hydrogen-bond acceptors (Lipinski definition) is 6. The lowest BCUT2D eigenvalue weighted by Crippen LogP contribution is -2.41. The minimum absolute atomic E-state index is 0.0714. The fourth-order valence-corrected chi connectivity index (χ4v) is 1.94. The highest BCUT2D eigenvalue weighted by Gasteiger charge is 2.07. The lowest BCUT2D eigenvalue weighted by molar-refractivity contribution is 0.513. The molecule has 0 unspecified atom stereocenters. The molecule has 13 heteroatoms. The van der Waals surface area contributed by atoms with Gasteiger partial charge in [-0.15, -0.1) is 0 Å². The molecule has 0 saturated heterocycles. The Morgan fingerprint density at radius 3 is 2.17 bits per heavy atom. The monoisotopic (exact) mass is 473 g/mol. The summed E-state index contributed by atoms with van der Waals surface area (Å²) >= 11 is 5.81. The van der Waals surface area contributed by atoms with Crippen molar-refractivity contribution in [3.8, 4) is 0 Å². The molecule has 2 heterocycles. The van der Waals surface area contributed by atoms with E-state index in [9.17, 15) is 23.6 Å². The van der Waals surface area contributed by atoms with Gasteiger partial charge in [-0.3, -0.25) is 23.5 Å². The number of hydrogen-bond donors (Lipinski definition) is 2. The van der Waals surface area contributed by atoms with Crippen LogP contribution in [-0.2, 0) is 13.1 Å². The maximum atomic E-state index is 11.4. The molecule has 134 valence electrons. The normalized spacial score (nSPS) is 9.96. The molecule has 2 N–H and O–H groups in total. The summed E-state index contributed by atoms with van der Waals surface area (Å²) in [7, 11) is -1.00. The SMILES string of the molecule is CCn1nc(Br)c(=O)n(CC)c1=O.O=c1[nH]nc(Br)c(=O)[nH]1.[2H]CF. The molecule has 0 aliphatic heterocycles. The Hall–Kier alpha value is -1.89. The maximum absolute atomic E-state index is 11.4. The highest BCUT2D eigenvalue weighted by Crippen LogP contribution is 1.93. The number of H-pyrrole nitrogens is 2. The quantitative estimate of drug-likeness (QED) is 0.629. The van der Waals surface area contributed by atoms with Gasteiger partial charge in [-0.05, 0) is 45.7 Å². The average molecular weight is 475 g/mol.